The number of hydrogen-bond donors (Lipinski definition) is 1. The summed E-state index contributed by atoms with van der Waals surface area (Å²) in [6.07, 6.45) is 1.26. The van der Waals surface area contributed by atoms with E-state index in [0.29, 0.717) is 11.8 Å². The molecule has 1 N–H and O–H groups in total. The van der Waals surface area contributed by atoms with Crippen molar-refractivity contribution in [3.8, 4) is 0 Å². The van der Waals surface area contributed by atoms with Crippen molar-refractivity contribution < 1.29 is 9.90 Å². The molecule has 0 saturated carbocycles. The Morgan fingerprint density at radius 2 is 1.95 bits per heavy atom. The fourth-order valence-electron chi connectivity index (χ4n) is 3.79. The van der Waals surface area contributed by atoms with E-state index in [9.17, 15) is 9.90 Å². The second-order valence-electron chi connectivity index (χ2n) is 7.18. The predicted molar refractivity (Wildman–Crippen MR) is 89.5 cm³/mol. The van der Waals surface area contributed by atoms with Crippen LogP contribution in [0.15, 0.2) is 30.3 Å². The molecule has 3 nitrogen and oxygen atoms in total. The lowest BCUT2D eigenvalue weighted by atomic mass is 9.91. The van der Waals surface area contributed by atoms with Crippen LogP contribution in [0.5, 0.6) is 0 Å². The zero-order valence-corrected chi connectivity index (χ0v) is 14.2. The van der Waals surface area contributed by atoms with Crippen molar-refractivity contribution in [1.29, 1.82) is 0 Å². The Balaban J connectivity index is 2.22. The maximum Gasteiger partial charge on any atom is 0.146 e. The van der Waals surface area contributed by atoms with Crippen LogP contribution in [-0.2, 0) is 11.3 Å². The lowest BCUT2D eigenvalue weighted by Gasteiger charge is -2.34. The second kappa shape index (κ2) is 7.38. The van der Waals surface area contributed by atoms with Crippen molar-refractivity contribution in [2.24, 2.45) is 11.8 Å². The van der Waals surface area contributed by atoms with Gasteiger partial charge in [-0.15, -0.1) is 0 Å². The standard InChI is InChI=1S/C19H29NO2/c1-13(2)10-18(22)19-14(3)11-17(15(4)21)20(19)12-16-8-6-5-7-9-16/h5-9,13-14,17-19,22H,10-12H2,1-4H3/t14?,17-,18?,19?/m1/s1. The molecule has 122 valence electrons. The maximum atomic E-state index is 12.1. The highest BCUT2D eigenvalue weighted by atomic mass is 16.3. The molecule has 1 heterocycles. The molecule has 0 aromatic heterocycles. The largest absolute Gasteiger partial charge is 0.391 e. The third kappa shape index (κ3) is 3.96. The predicted octanol–water partition coefficient (Wildman–Crippen LogP) is 3.26. The van der Waals surface area contributed by atoms with E-state index < -0.39 is 0 Å². The quantitative estimate of drug-likeness (QED) is 0.877. The zero-order chi connectivity index (χ0) is 16.3. The van der Waals surface area contributed by atoms with Crippen LogP contribution < -0.4 is 0 Å². The van der Waals surface area contributed by atoms with Gasteiger partial charge in [0.1, 0.15) is 5.78 Å². The third-order valence-electron chi connectivity index (χ3n) is 4.75. The van der Waals surface area contributed by atoms with Gasteiger partial charge in [0.2, 0.25) is 0 Å². The van der Waals surface area contributed by atoms with Gasteiger partial charge < -0.3 is 5.11 Å². The first-order chi connectivity index (χ1) is 10.4. The Morgan fingerprint density at radius 1 is 1.32 bits per heavy atom. The van der Waals surface area contributed by atoms with Gasteiger partial charge >= 0.3 is 0 Å². The van der Waals surface area contributed by atoms with E-state index in [1.54, 1.807) is 6.92 Å². The highest BCUT2D eigenvalue weighted by molar-refractivity contribution is 5.81. The molecule has 0 aliphatic carbocycles. The first kappa shape index (κ1) is 17.2. The Hall–Kier alpha value is -1.19. The SMILES string of the molecule is CC(=O)[C@H]1CC(C)C(C(O)CC(C)C)N1Cc1ccccc1. The Bertz CT molecular complexity index is 485. The van der Waals surface area contributed by atoms with E-state index in [2.05, 4.69) is 37.8 Å². The van der Waals surface area contributed by atoms with Crippen molar-refractivity contribution in [3.63, 3.8) is 0 Å². The van der Waals surface area contributed by atoms with Gasteiger partial charge in [0.05, 0.1) is 12.1 Å². The van der Waals surface area contributed by atoms with Crippen LogP contribution in [0.1, 0.15) is 46.1 Å². The summed E-state index contributed by atoms with van der Waals surface area (Å²) in [5.74, 6) is 1.01. The Morgan fingerprint density at radius 3 is 2.50 bits per heavy atom. The van der Waals surface area contributed by atoms with Crippen LogP contribution in [0.2, 0.25) is 0 Å². The van der Waals surface area contributed by atoms with E-state index in [4.69, 9.17) is 0 Å². The molecule has 0 spiro atoms. The summed E-state index contributed by atoms with van der Waals surface area (Å²) in [5.41, 5.74) is 1.20. The molecule has 4 atom stereocenters. The number of carbonyl (C=O) groups is 1. The van der Waals surface area contributed by atoms with Crippen LogP contribution in [0.3, 0.4) is 0 Å². The highest BCUT2D eigenvalue weighted by Crippen LogP contribution is 2.35. The normalized spacial score (nSPS) is 27.3. The summed E-state index contributed by atoms with van der Waals surface area (Å²) < 4.78 is 0. The number of Topliss-reactive ketones (excluding diaryl/α,β-unsaturated/α-hetero) is 1. The Kier molecular flexibility index (Phi) is 5.76. The summed E-state index contributed by atoms with van der Waals surface area (Å²) >= 11 is 0. The van der Waals surface area contributed by atoms with E-state index in [1.165, 1.54) is 5.56 Å². The summed E-state index contributed by atoms with van der Waals surface area (Å²) in [6.45, 7) is 8.83. The number of aliphatic hydroxyl groups is 1. The number of ketones is 1. The van der Waals surface area contributed by atoms with Crippen molar-refractivity contribution >= 4 is 5.78 Å². The van der Waals surface area contributed by atoms with E-state index in [-0.39, 0.29) is 24.0 Å². The lowest BCUT2D eigenvalue weighted by Crippen LogP contribution is -2.46. The molecule has 1 aromatic carbocycles. The number of nitrogens with zero attached hydrogens (tertiary/aromatic N) is 1. The molecule has 0 amide bonds. The summed E-state index contributed by atoms with van der Waals surface area (Å²) in [4.78, 5) is 14.3. The van der Waals surface area contributed by atoms with Gasteiger partial charge in [-0.1, -0.05) is 51.1 Å². The van der Waals surface area contributed by atoms with Gasteiger partial charge in [-0.25, -0.2) is 0 Å². The minimum atomic E-state index is -0.372. The molecule has 2 rings (SSSR count). The van der Waals surface area contributed by atoms with Gasteiger partial charge in [-0.05, 0) is 37.2 Å². The van der Waals surface area contributed by atoms with Gasteiger partial charge in [-0.3, -0.25) is 9.69 Å². The van der Waals surface area contributed by atoms with Gasteiger partial charge in [0.15, 0.2) is 0 Å². The molecule has 1 aliphatic rings. The maximum absolute atomic E-state index is 12.1. The summed E-state index contributed by atoms with van der Waals surface area (Å²) in [7, 11) is 0. The molecular weight excluding hydrogens is 274 g/mol. The second-order valence-corrected chi connectivity index (χ2v) is 7.18. The van der Waals surface area contributed by atoms with Crippen molar-refractivity contribution in [2.75, 3.05) is 0 Å². The molecule has 3 heteroatoms. The van der Waals surface area contributed by atoms with Crippen molar-refractivity contribution in [1.82, 2.24) is 4.90 Å². The fourth-order valence-corrected chi connectivity index (χ4v) is 3.79. The zero-order valence-electron chi connectivity index (χ0n) is 14.2. The minimum absolute atomic E-state index is 0.0662. The first-order valence-electron chi connectivity index (χ1n) is 8.38. The van der Waals surface area contributed by atoms with E-state index in [1.807, 2.05) is 18.2 Å². The molecule has 0 bridgehead atoms. The number of carbonyl (C=O) groups excluding carboxylic acids is 1. The average molecular weight is 303 g/mol. The molecule has 1 fully saturated rings. The van der Waals surface area contributed by atoms with Crippen LogP contribution >= 0.6 is 0 Å². The van der Waals surface area contributed by atoms with Crippen molar-refractivity contribution in [2.45, 2.75) is 65.3 Å². The number of benzene rings is 1. The summed E-state index contributed by atoms with van der Waals surface area (Å²) in [6, 6.07) is 10.2. The van der Waals surface area contributed by atoms with Crippen LogP contribution in [0.25, 0.3) is 0 Å². The number of rotatable bonds is 6. The van der Waals surface area contributed by atoms with Crippen LogP contribution in [-0.4, -0.2) is 34.0 Å². The molecule has 3 unspecified atom stereocenters. The number of likely N-dealkylation sites (tertiary alicyclic amines) is 1. The number of aliphatic hydroxyl groups excluding tert-OH is 1. The van der Waals surface area contributed by atoms with E-state index in [0.717, 1.165) is 19.4 Å². The highest BCUT2D eigenvalue weighted by Gasteiger charge is 2.44. The first-order valence-corrected chi connectivity index (χ1v) is 8.38. The lowest BCUT2D eigenvalue weighted by molar-refractivity contribution is -0.122. The topological polar surface area (TPSA) is 40.5 Å². The minimum Gasteiger partial charge on any atom is -0.391 e. The molecule has 1 aliphatic heterocycles. The smallest absolute Gasteiger partial charge is 0.146 e. The van der Waals surface area contributed by atoms with Gasteiger partial charge in [-0.2, -0.15) is 0 Å². The average Bonchev–Trinajstić information content (AvgIpc) is 2.76. The van der Waals surface area contributed by atoms with E-state index >= 15 is 0 Å². The fraction of sp³-hybridized carbons (Fsp3) is 0.632. The molecule has 0 radical (unpaired) electrons. The van der Waals surface area contributed by atoms with Crippen LogP contribution in [0, 0.1) is 11.8 Å². The summed E-state index contributed by atoms with van der Waals surface area (Å²) in [5, 5.41) is 10.7. The number of hydrogen-bond acceptors (Lipinski definition) is 3. The van der Waals surface area contributed by atoms with Gasteiger partial charge in [0, 0.05) is 12.6 Å². The molecule has 1 saturated heterocycles. The molecular formula is C19H29NO2. The third-order valence-corrected chi connectivity index (χ3v) is 4.75. The molecule has 22 heavy (non-hydrogen) atoms. The Labute approximate surface area is 134 Å². The van der Waals surface area contributed by atoms with Gasteiger partial charge in [0.25, 0.3) is 0 Å². The van der Waals surface area contributed by atoms with Crippen LogP contribution in [0.4, 0.5) is 0 Å². The molecule has 1 aromatic rings. The monoisotopic (exact) mass is 303 g/mol. The van der Waals surface area contributed by atoms with Crippen molar-refractivity contribution in [3.05, 3.63) is 35.9 Å².